The van der Waals surface area contributed by atoms with Crippen LogP contribution in [0.4, 0.5) is 22.0 Å². The van der Waals surface area contributed by atoms with Crippen LogP contribution in [0.2, 0.25) is 0 Å². The minimum absolute atomic E-state index is 0.122. The van der Waals surface area contributed by atoms with Gasteiger partial charge in [-0.3, -0.25) is 14.9 Å². The molecule has 2 saturated heterocycles. The van der Waals surface area contributed by atoms with Crippen LogP contribution in [0.15, 0.2) is 36.4 Å². The van der Waals surface area contributed by atoms with Gasteiger partial charge in [0.15, 0.2) is 0 Å². The molecule has 35 heavy (non-hydrogen) atoms. The van der Waals surface area contributed by atoms with Crippen molar-refractivity contribution in [2.24, 2.45) is 11.8 Å². The summed E-state index contributed by atoms with van der Waals surface area (Å²) in [6.07, 6.45) is 2.44. The van der Waals surface area contributed by atoms with E-state index in [9.17, 15) is 14.4 Å². The summed E-state index contributed by atoms with van der Waals surface area (Å²) in [6, 6.07) is 11.5. The highest BCUT2D eigenvalue weighted by molar-refractivity contribution is 6.02. The van der Waals surface area contributed by atoms with Crippen LogP contribution in [0.5, 0.6) is 0 Å². The van der Waals surface area contributed by atoms with Gasteiger partial charge in [0, 0.05) is 25.3 Å². The van der Waals surface area contributed by atoms with Crippen molar-refractivity contribution in [1.82, 2.24) is 20.5 Å². The largest absolute Gasteiger partial charge is 0.357 e. The third-order valence-electron chi connectivity index (χ3n) is 6.79. The number of amides is 4. The van der Waals surface area contributed by atoms with E-state index in [0.29, 0.717) is 6.54 Å². The van der Waals surface area contributed by atoms with Crippen molar-refractivity contribution in [1.29, 1.82) is 0 Å². The highest BCUT2D eigenvalue weighted by Gasteiger charge is 2.26. The van der Waals surface area contributed by atoms with Crippen LogP contribution in [0.25, 0.3) is 0 Å². The van der Waals surface area contributed by atoms with E-state index in [2.05, 4.69) is 46.8 Å². The van der Waals surface area contributed by atoms with E-state index in [1.54, 1.807) is 0 Å². The van der Waals surface area contributed by atoms with Crippen LogP contribution in [-0.4, -0.2) is 53.9 Å². The number of rotatable bonds is 6. The van der Waals surface area contributed by atoms with Gasteiger partial charge < -0.3 is 20.4 Å². The minimum atomic E-state index is -0.472. The lowest BCUT2D eigenvalue weighted by molar-refractivity contribution is -0.134. The summed E-state index contributed by atoms with van der Waals surface area (Å²) in [6.45, 7) is 8.81. The van der Waals surface area contributed by atoms with Gasteiger partial charge in [0.2, 0.25) is 11.8 Å². The predicted octanol–water partition coefficient (Wildman–Crippen LogP) is 3.17. The number of carbonyl (C=O) groups is 3. The first kappa shape index (κ1) is 24.5. The summed E-state index contributed by atoms with van der Waals surface area (Å²) in [4.78, 5) is 43.6. The summed E-state index contributed by atoms with van der Waals surface area (Å²) in [5.41, 5.74) is 3.74. The molecular weight excluding hydrogens is 444 g/mol. The average Bonchev–Trinajstić information content (AvgIpc) is 2.84. The first-order valence-electron chi connectivity index (χ1n) is 12.2. The van der Waals surface area contributed by atoms with Gasteiger partial charge in [0.1, 0.15) is 18.9 Å². The number of piperazine rings is 1. The topological polar surface area (TPSA) is 107 Å². The molecule has 2 aromatic rings. The second kappa shape index (κ2) is 10.8. The van der Waals surface area contributed by atoms with Gasteiger partial charge in [-0.05, 0) is 61.4 Å². The molecule has 3 heterocycles. The summed E-state index contributed by atoms with van der Waals surface area (Å²) in [5, 5.41) is 8.35. The maximum Gasteiger partial charge on any atom is 0.318 e. The quantitative estimate of drug-likeness (QED) is 0.551. The SMILES string of the molecule is Cc1nc(N2CCC(C(C)C)CC2)ccc1Nc1ccc(CNC(=O)N2CC(=O)NC(=O)C2)cc1. The Kier molecular flexibility index (Phi) is 7.53. The summed E-state index contributed by atoms with van der Waals surface area (Å²) < 4.78 is 0. The molecule has 0 aliphatic carbocycles. The zero-order valence-corrected chi connectivity index (χ0v) is 20.6. The third kappa shape index (κ3) is 6.29. The summed E-state index contributed by atoms with van der Waals surface area (Å²) >= 11 is 0. The molecule has 4 amide bonds. The number of hydrogen-bond acceptors (Lipinski definition) is 6. The van der Waals surface area contributed by atoms with E-state index in [1.807, 2.05) is 31.2 Å². The van der Waals surface area contributed by atoms with Gasteiger partial charge >= 0.3 is 6.03 Å². The molecule has 0 atom stereocenters. The molecule has 0 saturated carbocycles. The van der Waals surface area contributed by atoms with E-state index in [0.717, 1.165) is 53.4 Å². The Bertz CT molecular complexity index is 1060. The number of hydrogen-bond donors (Lipinski definition) is 3. The van der Waals surface area contributed by atoms with Crippen LogP contribution in [-0.2, 0) is 16.1 Å². The Morgan fingerprint density at radius 1 is 1.06 bits per heavy atom. The molecule has 4 rings (SSSR count). The molecule has 2 fully saturated rings. The molecule has 2 aliphatic rings. The van der Waals surface area contributed by atoms with Crippen molar-refractivity contribution < 1.29 is 14.4 Å². The van der Waals surface area contributed by atoms with Gasteiger partial charge in [0.05, 0.1) is 11.4 Å². The van der Waals surface area contributed by atoms with Crippen molar-refractivity contribution in [2.75, 3.05) is 36.4 Å². The number of aromatic nitrogens is 1. The lowest BCUT2D eigenvalue weighted by Crippen LogP contribution is -2.55. The second-order valence-corrected chi connectivity index (χ2v) is 9.68. The van der Waals surface area contributed by atoms with Gasteiger partial charge in [-0.2, -0.15) is 0 Å². The lowest BCUT2D eigenvalue weighted by Gasteiger charge is -2.34. The van der Waals surface area contributed by atoms with Crippen molar-refractivity contribution in [2.45, 2.75) is 40.2 Å². The highest BCUT2D eigenvalue weighted by Crippen LogP contribution is 2.29. The molecule has 9 nitrogen and oxygen atoms in total. The van der Waals surface area contributed by atoms with Crippen LogP contribution in [0.1, 0.15) is 37.9 Å². The number of piperidine rings is 1. The van der Waals surface area contributed by atoms with Crippen molar-refractivity contribution in [3.05, 3.63) is 47.7 Å². The number of carbonyl (C=O) groups excluding carboxylic acids is 3. The molecule has 9 heteroatoms. The van der Waals surface area contributed by atoms with E-state index < -0.39 is 17.8 Å². The van der Waals surface area contributed by atoms with Crippen LogP contribution in [0, 0.1) is 18.8 Å². The number of urea groups is 1. The zero-order valence-electron chi connectivity index (χ0n) is 20.6. The summed E-state index contributed by atoms with van der Waals surface area (Å²) in [7, 11) is 0. The first-order valence-corrected chi connectivity index (χ1v) is 12.2. The monoisotopic (exact) mass is 478 g/mol. The highest BCUT2D eigenvalue weighted by atomic mass is 16.2. The van der Waals surface area contributed by atoms with E-state index in [4.69, 9.17) is 4.98 Å². The molecule has 1 aromatic heterocycles. The average molecular weight is 479 g/mol. The Morgan fingerprint density at radius 2 is 1.71 bits per heavy atom. The Morgan fingerprint density at radius 3 is 2.31 bits per heavy atom. The lowest BCUT2D eigenvalue weighted by atomic mass is 9.87. The van der Waals surface area contributed by atoms with Crippen LogP contribution >= 0.6 is 0 Å². The van der Waals surface area contributed by atoms with E-state index in [1.165, 1.54) is 17.7 Å². The number of nitrogens with one attached hydrogen (secondary N) is 3. The van der Waals surface area contributed by atoms with Gasteiger partial charge in [-0.15, -0.1) is 0 Å². The maximum absolute atomic E-state index is 12.3. The van der Waals surface area contributed by atoms with E-state index in [-0.39, 0.29) is 13.1 Å². The Labute approximate surface area is 206 Å². The molecule has 0 unspecified atom stereocenters. The van der Waals surface area contributed by atoms with Crippen molar-refractivity contribution >= 4 is 35.0 Å². The van der Waals surface area contributed by atoms with Gasteiger partial charge in [0.25, 0.3) is 0 Å². The van der Waals surface area contributed by atoms with Crippen molar-refractivity contribution in [3.63, 3.8) is 0 Å². The third-order valence-corrected chi connectivity index (χ3v) is 6.79. The normalized spacial score (nSPS) is 16.9. The molecular formula is C26H34N6O3. The number of imide groups is 1. The number of aryl methyl sites for hydroxylation is 1. The number of nitrogens with zero attached hydrogens (tertiary/aromatic N) is 3. The molecule has 0 spiro atoms. The molecule has 1 aromatic carbocycles. The van der Waals surface area contributed by atoms with Crippen LogP contribution in [0.3, 0.4) is 0 Å². The fourth-order valence-corrected chi connectivity index (χ4v) is 4.58. The Hall–Kier alpha value is -3.62. The smallest absolute Gasteiger partial charge is 0.318 e. The van der Waals surface area contributed by atoms with Gasteiger partial charge in [-0.1, -0.05) is 26.0 Å². The Balaban J connectivity index is 1.29. The molecule has 2 aliphatic heterocycles. The molecule has 3 N–H and O–H groups in total. The summed E-state index contributed by atoms with van der Waals surface area (Å²) in [5.74, 6) is 1.64. The fraction of sp³-hybridized carbons (Fsp3) is 0.462. The number of anilines is 3. The number of benzene rings is 1. The number of pyridine rings is 1. The molecule has 0 radical (unpaired) electrons. The first-order chi connectivity index (χ1) is 16.8. The van der Waals surface area contributed by atoms with Crippen LogP contribution < -0.4 is 20.9 Å². The van der Waals surface area contributed by atoms with Gasteiger partial charge in [-0.25, -0.2) is 9.78 Å². The fourth-order valence-electron chi connectivity index (χ4n) is 4.58. The molecule has 186 valence electrons. The maximum atomic E-state index is 12.3. The predicted molar refractivity (Wildman–Crippen MR) is 135 cm³/mol. The minimum Gasteiger partial charge on any atom is -0.357 e. The van der Waals surface area contributed by atoms with E-state index >= 15 is 0 Å². The molecule has 0 bridgehead atoms. The zero-order chi connectivity index (χ0) is 24.9. The van der Waals surface area contributed by atoms with Crippen molar-refractivity contribution in [3.8, 4) is 0 Å². The standard InChI is InChI=1S/C26H34N6O3/c1-17(2)20-10-12-31(13-11-20)23-9-8-22(18(3)28-23)29-21-6-4-19(5-7-21)14-27-26(35)32-15-24(33)30-25(34)16-32/h4-9,17,20,29H,10-16H2,1-3H3,(H,27,35)(H,30,33,34). The second-order valence-electron chi connectivity index (χ2n) is 9.68.